The molecule has 5 nitrogen and oxygen atoms in total. The van der Waals surface area contributed by atoms with E-state index < -0.39 is 0 Å². The largest absolute Gasteiger partial charge is 0.495 e. The Labute approximate surface area is 175 Å². The number of benzene rings is 2. The van der Waals surface area contributed by atoms with Crippen LogP contribution in [0.5, 0.6) is 11.5 Å². The van der Waals surface area contributed by atoms with Gasteiger partial charge in [0.1, 0.15) is 11.5 Å². The first-order valence-electron chi connectivity index (χ1n) is 9.55. The van der Waals surface area contributed by atoms with Gasteiger partial charge in [-0.15, -0.1) is 11.8 Å². The number of methoxy groups -OCH3 is 1. The quantitative estimate of drug-likeness (QED) is 0.611. The number of aryl methyl sites for hydroxylation is 1. The summed E-state index contributed by atoms with van der Waals surface area (Å²) in [6.45, 7) is 8.40. The Hall–Kier alpha value is -2.73. The normalized spacial score (nSPS) is 14.2. The molecule has 1 aliphatic heterocycles. The van der Waals surface area contributed by atoms with Crippen molar-refractivity contribution in [1.82, 2.24) is 0 Å². The fourth-order valence-electron chi connectivity index (χ4n) is 3.19. The highest BCUT2D eigenvalue weighted by molar-refractivity contribution is 8.04. The summed E-state index contributed by atoms with van der Waals surface area (Å²) in [7, 11) is 1.53. The molecule has 0 aromatic heterocycles. The molecule has 2 aromatic rings. The average Bonchev–Trinajstić information content (AvgIpc) is 2.92. The van der Waals surface area contributed by atoms with E-state index in [-0.39, 0.29) is 17.1 Å². The van der Waals surface area contributed by atoms with Gasteiger partial charge in [-0.25, -0.2) is 4.90 Å². The third kappa shape index (κ3) is 4.17. The molecule has 0 unspecified atom stereocenters. The Morgan fingerprint density at radius 2 is 1.72 bits per heavy atom. The lowest BCUT2D eigenvalue weighted by atomic mass is 10.1. The van der Waals surface area contributed by atoms with Crippen molar-refractivity contribution < 1.29 is 19.1 Å². The minimum Gasteiger partial charge on any atom is -0.495 e. The molecule has 0 N–H and O–H groups in total. The van der Waals surface area contributed by atoms with Crippen LogP contribution in [0.15, 0.2) is 47.4 Å². The Morgan fingerprint density at radius 3 is 2.31 bits per heavy atom. The number of ether oxygens (including phenoxy) is 2. The van der Waals surface area contributed by atoms with Crippen LogP contribution in [-0.2, 0) is 9.59 Å². The first-order valence-corrected chi connectivity index (χ1v) is 10.4. The van der Waals surface area contributed by atoms with Gasteiger partial charge in [0.2, 0.25) is 0 Å². The molecule has 2 aromatic carbocycles. The summed E-state index contributed by atoms with van der Waals surface area (Å²) in [6.07, 6.45) is 0. The lowest BCUT2D eigenvalue weighted by molar-refractivity contribution is -0.119. The zero-order valence-corrected chi connectivity index (χ0v) is 18.1. The highest BCUT2D eigenvalue weighted by Crippen LogP contribution is 2.42. The molecule has 1 heterocycles. The van der Waals surface area contributed by atoms with Crippen LogP contribution in [0.2, 0.25) is 0 Å². The van der Waals surface area contributed by atoms with Crippen molar-refractivity contribution in [3.05, 3.63) is 58.5 Å². The maximum Gasteiger partial charge on any atom is 0.272 e. The van der Waals surface area contributed by atoms with E-state index in [1.807, 2.05) is 58.0 Å². The van der Waals surface area contributed by atoms with Gasteiger partial charge in [-0.3, -0.25) is 9.59 Å². The van der Waals surface area contributed by atoms with Gasteiger partial charge in [0.05, 0.1) is 29.9 Å². The average molecular weight is 412 g/mol. The fraction of sp³-hybridized carbons (Fsp3) is 0.304. The minimum absolute atomic E-state index is 0.152. The number of imide groups is 1. The Kier molecular flexibility index (Phi) is 6.33. The van der Waals surface area contributed by atoms with Crippen LogP contribution in [0.1, 0.15) is 31.9 Å². The summed E-state index contributed by atoms with van der Waals surface area (Å²) in [6, 6.07) is 12.7. The van der Waals surface area contributed by atoms with Crippen molar-refractivity contribution >= 4 is 34.8 Å². The van der Waals surface area contributed by atoms with Crippen molar-refractivity contribution in [3.8, 4) is 11.5 Å². The maximum absolute atomic E-state index is 13.4. The van der Waals surface area contributed by atoms with Crippen LogP contribution < -0.4 is 14.4 Å². The molecular weight excluding hydrogens is 386 g/mol. The van der Waals surface area contributed by atoms with Gasteiger partial charge in [0.25, 0.3) is 11.8 Å². The van der Waals surface area contributed by atoms with E-state index in [0.29, 0.717) is 34.1 Å². The monoisotopic (exact) mass is 411 g/mol. The SMILES string of the molecule is CCOc1ccc(C2=C(SC(C)C)C(=O)N(c3cc(C)ccc3OC)C2=O)cc1. The summed E-state index contributed by atoms with van der Waals surface area (Å²) in [4.78, 5) is 28.5. The van der Waals surface area contributed by atoms with Crippen molar-refractivity contribution in [2.75, 3.05) is 18.6 Å². The zero-order valence-electron chi connectivity index (χ0n) is 17.3. The molecule has 0 fully saturated rings. The predicted molar refractivity (Wildman–Crippen MR) is 117 cm³/mol. The molecule has 0 atom stereocenters. The molecule has 152 valence electrons. The molecule has 0 bridgehead atoms. The number of amides is 2. The summed E-state index contributed by atoms with van der Waals surface area (Å²) in [5.41, 5.74) is 2.52. The van der Waals surface area contributed by atoms with Crippen molar-refractivity contribution in [2.24, 2.45) is 0 Å². The maximum atomic E-state index is 13.4. The van der Waals surface area contributed by atoms with Gasteiger partial charge in [-0.05, 0) is 49.2 Å². The van der Waals surface area contributed by atoms with Crippen LogP contribution in [0.3, 0.4) is 0 Å². The fourth-order valence-corrected chi connectivity index (χ4v) is 4.17. The molecule has 29 heavy (non-hydrogen) atoms. The van der Waals surface area contributed by atoms with Gasteiger partial charge in [-0.1, -0.05) is 32.0 Å². The predicted octanol–water partition coefficient (Wildman–Crippen LogP) is 4.83. The summed E-state index contributed by atoms with van der Waals surface area (Å²) in [5.74, 6) is 0.552. The molecule has 2 amide bonds. The van der Waals surface area contributed by atoms with Gasteiger partial charge >= 0.3 is 0 Å². The van der Waals surface area contributed by atoms with Gasteiger partial charge < -0.3 is 9.47 Å². The standard InChI is InChI=1S/C23H25NO4S/c1-6-28-17-10-8-16(9-11-17)20-21(29-14(2)3)23(26)24(22(20)25)18-13-15(4)7-12-19(18)27-5/h7-14H,6H2,1-5H3. The molecule has 0 saturated heterocycles. The number of nitrogens with zero attached hydrogens (tertiary/aromatic N) is 1. The minimum atomic E-state index is -0.341. The van der Waals surface area contributed by atoms with E-state index in [9.17, 15) is 9.59 Å². The number of thioether (sulfide) groups is 1. The smallest absolute Gasteiger partial charge is 0.272 e. The van der Waals surface area contributed by atoms with Crippen molar-refractivity contribution in [1.29, 1.82) is 0 Å². The number of carbonyl (C=O) groups excluding carboxylic acids is 2. The Morgan fingerprint density at radius 1 is 1.03 bits per heavy atom. The lowest BCUT2D eigenvalue weighted by Gasteiger charge is -2.19. The number of rotatable bonds is 7. The Bertz CT molecular complexity index is 963. The first kappa shape index (κ1) is 21.0. The van der Waals surface area contributed by atoms with Gasteiger partial charge in [0.15, 0.2) is 0 Å². The van der Waals surface area contributed by atoms with E-state index in [1.165, 1.54) is 23.8 Å². The molecular formula is C23H25NO4S. The topological polar surface area (TPSA) is 55.8 Å². The molecule has 0 spiro atoms. The first-order chi connectivity index (χ1) is 13.9. The summed E-state index contributed by atoms with van der Waals surface area (Å²) < 4.78 is 10.9. The second-order valence-electron chi connectivity index (χ2n) is 6.95. The van der Waals surface area contributed by atoms with E-state index >= 15 is 0 Å². The van der Waals surface area contributed by atoms with Crippen LogP contribution in [-0.4, -0.2) is 30.8 Å². The molecule has 6 heteroatoms. The van der Waals surface area contributed by atoms with Crippen LogP contribution in [0, 0.1) is 6.92 Å². The van der Waals surface area contributed by atoms with E-state index in [0.717, 1.165) is 11.3 Å². The van der Waals surface area contributed by atoms with Crippen molar-refractivity contribution in [2.45, 2.75) is 32.9 Å². The number of anilines is 1. The number of carbonyl (C=O) groups is 2. The second-order valence-corrected chi connectivity index (χ2v) is 8.54. The van der Waals surface area contributed by atoms with Crippen LogP contribution >= 0.6 is 11.8 Å². The molecule has 0 radical (unpaired) electrons. The second kappa shape index (κ2) is 8.74. The summed E-state index contributed by atoms with van der Waals surface area (Å²) >= 11 is 1.40. The van der Waals surface area contributed by atoms with Crippen LogP contribution in [0.25, 0.3) is 5.57 Å². The zero-order chi connectivity index (χ0) is 21.1. The highest BCUT2D eigenvalue weighted by atomic mass is 32.2. The van der Waals surface area contributed by atoms with Gasteiger partial charge in [0, 0.05) is 5.25 Å². The number of hydrogen-bond acceptors (Lipinski definition) is 5. The molecule has 3 rings (SSSR count). The van der Waals surface area contributed by atoms with Crippen LogP contribution in [0.4, 0.5) is 5.69 Å². The summed E-state index contributed by atoms with van der Waals surface area (Å²) in [5, 5.41) is 0.152. The lowest BCUT2D eigenvalue weighted by Crippen LogP contribution is -2.31. The van der Waals surface area contributed by atoms with E-state index in [2.05, 4.69) is 0 Å². The molecule has 0 saturated carbocycles. The Balaban J connectivity index is 2.10. The van der Waals surface area contributed by atoms with Crippen molar-refractivity contribution in [3.63, 3.8) is 0 Å². The molecule has 1 aliphatic rings. The van der Waals surface area contributed by atoms with E-state index in [4.69, 9.17) is 9.47 Å². The molecule has 0 aliphatic carbocycles. The third-order valence-electron chi connectivity index (χ3n) is 4.42. The third-order valence-corrected chi connectivity index (χ3v) is 5.51. The van der Waals surface area contributed by atoms with Gasteiger partial charge in [-0.2, -0.15) is 0 Å². The highest BCUT2D eigenvalue weighted by Gasteiger charge is 2.41. The van der Waals surface area contributed by atoms with E-state index in [1.54, 1.807) is 12.1 Å². The number of hydrogen-bond donors (Lipinski definition) is 0.